The Morgan fingerprint density at radius 2 is 1.70 bits per heavy atom. The van der Waals surface area contributed by atoms with Gasteiger partial charge >= 0.3 is 17.8 Å². The molecule has 0 aliphatic carbocycles. The van der Waals surface area contributed by atoms with E-state index in [1.165, 1.54) is 6.07 Å². The summed E-state index contributed by atoms with van der Waals surface area (Å²) in [6.07, 6.45) is -4.38. The van der Waals surface area contributed by atoms with Crippen molar-refractivity contribution < 1.29 is 36.6 Å². The van der Waals surface area contributed by atoms with Crippen molar-refractivity contribution in [2.24, 2.45) is 0 Å². The summed E-state index contributed by atoms with van der Waals surface area (Å²) in [5, 5.41) is 21.6. The first-order valence-electron chi connectivity index (χ1n) is 17.1. The van der Waals surface area contributed by atoms with Crippen LogP contribution in [0.3, 0.4) is 0 Å². The number of nitriles is 1. The molecule has 1 fully saturated rings. The summed E-state index contributed by atoms with van der Waals surface area (Å²) in [6, 6.07) is 17.0. The minimum Gasteiger partial charge on any atom is -0.481 e. The maximum absolute atomic E-state index is 15.2. The first kappa shape index (κ1) is 37.6. The fourth-order valence-electron chi connectivity index (χ4n) is 7.26. The molecule has 15 heteroatoms. The quantitative estimate of drug-likeness (QED) is 0.145. The van der Waals surface area contributed by atoms with E-state index in [4.69, 9.17) is 9.84 Å². The van der Waals surface area contributed by atoms with Crippen LogP contribution >= 0.6 is 0 Å². The van der Waals surface area contributed by atoms with Gasteiger partial charge in [-0.25, -0.2) is 13.6 Å². The van der Waals surface area contributed by atoms with Crippen LogP contribution in [0.25, 0.3) is 0 Å². The molecule has 3 heterocycles. The van der Waals surface area contributed by atoms with Crippen LogP contribution in [0, 0.1) is 23.0 Å². The van der Waals surface area contributed by atoms with E-state index in [0.717, 1.165) is 27.3 Å². The van der Waals surface area contributed by atoms with E-state index in [-0.39, 0.29) is 68.7 Å². The number of ether oxygens (including phenoxy) is 1. The average Bonchev–Trinajstić information content (AvgIpc) is 3.50. The van der Waals surface area contributed by atoms with Gasteiger partial charge in [-0.05, 0) is 49.6 Å². The smallest absolute Gasteiger partial charge is 0.416 e. The van der Waals surface area contributed by atoms with Crippen LogP contribution in [0.5, 0.6) is 0 Å². The molecular formula is C38H36F5N5O5. The maximum atomic E-state index is 15.2. The summed E-state index contributed by atoms with van der Waals surface area (Å²) in [6.45, 7) is -0.369. The van der Waals surface area contributed by atoms with Gasteiger partial charge in [0.1, 0.15) is 23.3 Å². The molecule has 2 aliphatic heterocycles. The Morgan fingerprint density at radius 3 is 2.38 bits per heavy atom. The number of halogens is 5. The van der Waals surface area contributed by atoms with Crippen molar-refractivity contribution in [1.82, 2.24) is 19.4 Å². The largest absolute Gasteiger partial charge is 0.481 e. The highest BCUT2D eigenvalue weighted by molar-refractivity contribution is 5.66. The molecule has 6 rings (SSSR count). The van der Waals surface area contributed by atoms with Gasteiger partial charge in [-0.15, -0.1) is 0 Å². The average molecular weight is 738 g/mol. The lowest BCUT2D eigenvalue weighted by Gasteiger charge is -2.39. The second-order valence-electron chi connectivity index (χ2n) is 13.2. The fourth-order valence-corrected chi connectivity index (χ4v) is 7.26. The Bertz CT molecular complexity index is 2150. The highest BCUT2D eigenvalue weighted by Crippen LogP contribution is 2.43. The molecule has 278 valence electrons. The van der Waals surface area contributed by atoms with Crippen LogP contribution in [0.15, 0.2) is 76.3 Å². The Labute approximate surface area is 300 Å². The number of nitrogens with one attached hydrogen (secondary N) is 1. The molecule has 0 bridgehead atoms. The molecule has 0 amide bonds. The third kappa shape index (κ3) is 7.80. The van der Waals surface area contributed by atoms with Gasteiger partial charge in [-0.3, -0.25) is 23.6 Å². The monoisotopic (exact) mass is 737 g/mol. The Balaban J connectivity index is 1.41. The van der Waals surface area contributed by atoms with Crippen LogP contribution in [0.2, 0.25) is 0 Å². The zero-order chi connectivity index (χ0) is 37.9. The Hall–Kier alpha value is -5.17. The molecular weight excluding hydrogens is 701 g/mol. The van der Waals surface area contributed by atoms with Crippen LogP contribution in [0.1, 0.15) is 70.8 Å². The number of likely N-dealkylation sites (tertiary alicyclic amines) is 1. The van der Waals surface area contributed by atoms with Crippen LogP contribution < -0.4 is 16.6 Å². The third-order valence-corrected chi connectivity index (χ3v) is 10.00. The Morgan fingerprint density at radius 1 is 0.981 bits per heavy atom. The minimum absolute atomic E-state index is 0.0551. The van der Waals surface area contributed by atoms with Gasteiger partial charge in [-0.2, -0.15) is 18.4 Å². The lowest BCUT2D eigenvalue weighted by Crippen LogP contribution is -2.50. The first-order chi connectivity index (χ1) is 25.3. The molecule has 3 aromatic carbocycles. The highest BCUT2D eigenvalue weighted by Gasteiger charge is 2.47. The molecule has 1 atom stereocenters. The van der Waals surface area contributed by atoms with Gasteiger partial charge in [0.15, 0.2) is 0 Å². The molecule has 53 heavy (non-hydrogen) atoms. The lowest BCUT2D eigenvalue weighted by atomic mass is 9.85. The highest BCUT2D eigenvalue weighted by atomic mass is 19.4. The molecule has 2 N–H and O–H groups in total. The number of piperidine rings is 1. The number of alkyl halides is 3. The molecule has 0 saturated carbocycles. The number of benzene rings is 3. The number of hydrogen-bond acceptors (Lipinski definition) is 7. The first-order valence-corrected chi connectivity index (χ1v) is 17.1. The van der Waals surface area contributed by atoms with Gasteiger partial charge in [0.05, 0.1) is 48.1 Å². The van der Waals surface area contributed by atoms with E-state index >= 15 is 4.39 Å². The van der Waals surface area contributed by atoms with Crippen molar-refractivity contribution in [2.75, 3.05) is 19.6 Å². The number of hydrogen-bond donors (Lipinski definition) is 2. The predicted octanol–water partition coefficient (Wildman–Crippen LogP) is 5.44. The second kappa shape index (κ2) is 15.4. The number of carboxylic acid groups (broad SMARTS) is 1. The second-order valence-corrected chi connectivity index (χ2v) is 13.2. The third-order valence-electron chi connectivity index (χ3n) is 10.00. The number of nitrogens with zero attached hydrogens (tertiary/aromatic N) is 4. The van der Waals surface area contributed by atoms with Crippen molar-refractivity contribution in [3.05, 3.63) is 138 Å². The molecule has 4 aromatic rings. The summed E-state index contributed by atoms with van der Waals surface area (Å²) in [4.78, 5) is 41.9. The van der Waals surface area contributed by atoms with E-state index in [2.05, 4.69) is 5.32 Å². The maximum Gasteiger partial charge on any atom is 0.416 e. The lowest BCUT2D eigenvalue weighted by molar-refractivity contribution is -0.138. The van der Waals surface area contributed by atoms with Crippen molar-refractivity contribution in [2.45, 2.75) is 69.7 Å². The number of aromatic nitrogens is 2. The van der Waals surface area contributed by atoms with E-state index < -0.39 is 64.3 Å². The van der Waals surface area contributed by atoms with Crippen molar-refractivity contribution in [3.63, 3.8) is 0 Å². The van der Waals surface area contributed by atoms with Crippen LogP contribution in [-0.2, 0) is 47.5 Å². The van der Waals surface area contributed by atoms with E-state index in [1.807, 2.05) is 11.0 Å². The molecule has 1 aromatic heterocycles. The number of rotatable bonds is 12. The number of aliphatic carboxylic acids is 1. The summed E-state index contributed by atoms with van der Waals surface area (Å²) in [7, 11) is 0. The molecule has 10 nitrogen and oxygen atoms in total. The summed E-state index contributed by atoms with van der Waals surface area (Å²) >= 11 is 0. The fraction of sp³-hybridized carbons (Fsp3) is 0.368. The SMILES string of the molecule is N#Cc1cccc(CN2CCC3(CC2)OCc2c3c(=O)n(CC(NCCCC(=O)O)c3ccccc3)c(=O)n2Cc2c(F)cccc2C(F)(F)F)c1F. The van der Waals surface area contributed by atoms with Crippen molar-refractivity contribution >= 4 is 5.97 Å². The van der Waals surface area contributed by atoms with Gasteiger partial charge in [0.2, 0.25) is 0 Å². The predicted molar refractivity (Wildman–Crippen MR) is 182 cm³/mol. The molecule has 2 aliphatic rings. The van der Waals surface area contributed by atoms with Gasteiger partial charge in [0.25, 0.3) is 5.56 Å². The Kier molecular flexibility index (Phi) is 10.9. The zero-order valence-electron chi connectivity index (χ0n) is 28.5. The number of fused-ring (bicyclic) bond motifs is 2. The summed E-state index contributed by atoms with van der Waals surface area (Å²) in [5.41, 5.74) is -3.87. The van der Waals surface area contributed by atoms with Crippen LogP contribution in [0.4, 0.5) is 22.0 Å². The molecule has 1 saturated heterocycles. The van der Waals surface area contributed by atoms with E-state index in [1.54, 1.807) is 42.5 Å². The van der Waals surface area contributed by atoms with Crippen molar-refractivity contribution in [3.8, 4) is 6.07 Å². The standard InChI is InChI=1S/C38H36F5N5O5/c39-29-12-5-11-28(38(41,42)43)27(29)21-47-31-23-53-37(14-17-46(18-15-37)20-26-10-4-9-25(19-44)34(26)40)33(31)35(51)48(36(47)52)22-30(24-7-2-1-3-8-24)45-16-6-13-32(49)50/h1-5,7-12,30,45H,6,13-18,20-23H2,(H,49,50). The van der Waals surface area contributed by atoms with Crippen molar-refractivity contribution in [1.29, 1.82) is 5.26 Å². The molecule has 1 spiro atoms. The van der Waals surface area contributed by atoms with Gasteiger partial charge < -0.3 is 15.2 Å². The van der Waals surface area contributed by atoms with Crippen LogP contribution in [-0.4, -0.2) is 44.7 Å². The minimum atomic E-state index is -4.94. The van der Waals surface area contributed by atoms with Gasteiger partial charge in [-0.1, -0.05) is 48.5 Å². The van der Waals surface area contributed by atoms with E-state index in [0.29, 0.717) is 24.2 Å². The number of carboxylic acids is 1. The number of carbonyl (C=O) groups is 1. The van der Waals surface area contributed by atoms with Gasteiger partial charge in [0, 0.05) is 37.2 Å². The summed E-state index contributed by atoms with van der Waals surface area (Å²) in [5.74, 6) is -2.79. The van der Waals surface area contributed by atoms with E-state index in [9.17, 15) is 37.2 Å². The normalized spacial score (nSPS) is 16.0. The molecule has 0 radical (unpaired) electrons. The molecule has 1 unspecified atom stereocenters. The summed E-state index contributed by atoms with van der Waals surface area (Å²) < 4.78 is 80.7. The zero-order valence-corrected chi connectivity index (χ0v) is 28.5. The topological polar surface area (TPSA) is 130 Å².